The number of carboxylic acid groups (broad SMARTS) is 2. The summed E-state index contributed by atoms with van der Waals surface area (Å²) in [6, 6.07) is -0.954. The van der Waals surface area contributed by atoms with Gasteiger partial charge in [0.05, 0.1) is 6.42 Å². The fraction of sp³-hybridized carbons (Fsp3) is 0.727. The first-order valence-corrected chi connectivity index (χ1v) is 5.56. The Hall–Kier alpha value is -1.59. The predicted molar refractivity (Wildman–Crippen MR) is 60.5 cm³/mol. The summed E-state index contributed by atoms with van der Waals surface area (Å²) < 4.78 is 0. The van der Waals surface area contributed by atoms with Crippen molar-refractivity contribution in [3.63, 3.8) is 0 Å². The second kappa shape index (κ2) is 6.88. The molecule has 0 aliphatic heterocycles. The first kappa shape index (κ1) is 15.4. The number of amides is 1. The number of carbonyl (C=O) groups excluding carboxylic acids is 1. The van der Waals surface area contributed by atoms with Gasteiger partial charge in [-0.2, -0.15) is 0 Å². The summed E-state index contributed by atoms with van der Waals surface area (Å²) in [4.78, 5) is 34.5. The first-order chi connectivity index (χ1) is 7.81. The molecule has 0 fully saturated rings. The molecule has 0 bridgehead atoms. The third kappa shape index (κ3) is 4.84. The highest BCUT2D eigenvalue weighted by Crippen LogP contribution is 2.11. The van der Waals surface area contributed by atoms with Crippen LogP contribution in [0.5, 0.6) is 0 Å². The third-order valence-electron chi connectivity index (χ3n) is 2.39. The molecular weight excluding hydrogens is 226 g/mol. The zero-order chi connectivity index (χ0) is 13.6. The third-order valence-corrected chi connectivity index (χ3v) is 2.39. The zero-order valence-corrected chi connectivity index (χ0v) is 10.3. The van der Waals surface area contributed by atoms with E-state index in [1.54, 1.807) is 20.8 Å². The van der Waals surface area contributed by atoms with E-state index in [0.29, 0.717) is 0 Å². The van der Waals surface area contributed by atoms with Crippen molar-refractivity contribution in [2.24, 2.45) is 5.92 Å². The Morgan fingerprint density at radius 2 is 1.71 bits per heavy atom. The average Bonchev–Trinajstić information content (AvgIpc) is 2.21. The van der Waals surface area contributed by atoms with Crippen molar-refractivity contribution in [1.29, 1.82) is 0 Å². The molecule has 0 aromatic heterocycles. The highest BCUT2D eigenvalue weighted by molar-refractivity contribution is 5.85. The molecule has 1 unspecified atom stereocenters. The number of hydrogen-bond acceptors (Lipinski definition) is 3. The molecule has 1 atom stereocenters. The van der Waals surface area contributed by atoms with Crippen LogP contribution >= 0.6 is 0 Å². The lowest BCUT2D eigenvalue weighted by atomic mass is 10.1. The van der Waals surface area contributed by atoms with Gasteiger partial charge in [-0.3, -0.25) is 9.59 Å². The molecular formula is C11H19NO5. The molecule has 2 N–H and O–H groups in total. The van der Waals surface area contributed by atoms with Crippen molar-refractivity contribution in [1.82, 2.24) is 4.90 Å². The lowest BCUT2D eigenvalue weighted by Gasteiger charge is -2.29. The van der Waals surface area contributed by atoms with E-state index in [1.165, 1.54) is 0 Å². The van der Waals surface area contributed by atoms with Gasteiger partial charge in [0.2, 0.25) is 5.91 Å². The molecule has 0 rings (SSSR count). The van der Waals surface area contributed by atoms with Crippen LogP contribution in [0.25, 0.3) is 0 Å². The van der Waals surface area contributed by atoms with E-state index in [4.69, 9.17) is 10.2 Å². The van der Waals surface area contributed by atoms with Crippen LogP contribution in [0.2, 0.25) is 0 Å². The van der Waals surface area contributed by atoms with E-state index in [0.717, 1.165) is 4.90 Å². The Kier molecular flexibility index (Phi) is 6.23. The summed E-state index contributed by atoms with van der Waals surface area (Å²) in [5.41, 5.74) is 0. The molecule has 0 heterocycles. The standard InChI is InChI=1S/C11H19NO5/c1-4-8(11(16)17)12(6-5-9(13)14)10(15)7(2)3/h7-8H,4-6H2,1-3H3,(H,13,14)(H,16,17). The fourth-order valence-corrected chi connectivity index (χ4v) is 1.50. The van der Waals surface area contributed by atoms with Gasteiger partial charge in [0.25, 0.3) is 0 Å². The smallest absolute Gasteiger partial charge is 0.326 e. The molecule has 0 radical (unpaired) electrons. The van der Waals surface area contributed by atoms with E-state index < -0.39 is 18.0 Å². The highest BCUT2D eigenvalue weighted by Gasteiger charge is 2.29. The van der Waals surface area contributed by atoms with Gasteiger partial charge < -0.3 is 15.1 Å². The van der Waals surface area contributed by atoms with E-state index >= 15 is 0 Å². The molecule has 0 aromatic carbocycles. The number of carboxylic acids is 2. The highest BCUT2D eigenvalue weighted by atomic mass is 16.4. The first-order valence-electron chi connectivity index (χ1n) is 5.56. The summed E-state index contributed by atoms with van der Waals surface area (Å²) in [6.45, 7) is 4.90. The molecule has 1 amide bonds. The van der Waals surface area contributed by atoms with Gasteiger partial charge >= 0.3 is 11.9 Å². The Bertz CT molecular complexity index is 300. The minimum absolute atomic E-state index is 0.0723. The minimum atomic E-state index is -1.10. The summed E-state index contributed by atoms with van der Waals surface area (Å²) in [5, 5.41) is 17.6. The van der Waals surface area contributed by atoms with Gasteiger partial charge in [-0.15, -0.1) is 0 Å². The Morgan fingerprint density at radius 1 is 1.18 bits per heavy atom. The van der Waals surface area contributed by atoms with Crippen LogP contribution in [0.1, 0.15) is 33.6 Å². The summed E-state index contributed by atoms with van der Waals surface area (Å²) >= 11 is 0. The summed E-state index contributed by atoms with van der Waals surface area (Å²) in [7, 11) is 0. The molecule has 0 aliphatic rings. The van der Waals surface area contributed by atoms with Crippen molar-refractivity contribution in [2.75, 3.05) is 6.54 Å². The number of hydrogen-bond donors (Lipinski definition) is 2. The molecule has 0 saturated carbocycles. The topological polar surface area (TPSA) is 94.9 Å². The van der Waals surface area contributed by atoms with E-state index in [-0.39, 0.29) is 31.2 Å². The molecule has 0 aromatic rings. The fourth-order valence-electron chi connectivity index (χ4n) is 1.50. The van der Waals surface area contributed by atoms with Crippen LogP contribution in [0.3, 0.4) is 0 Å². The second-order valence-corrected chi connectivity index (χ2v) is 4.09. The minimum Gasteiger partial charge on any atom is -0.481 e. The summed E-state index contributed by atoms with van der Waals surface area (Å²) in [5.74, 6) is -2.84. The normalized spacial score (nSPS) is 12.2. The van der Waals surface area contributed by atoms with Crippen LogP contribution in [0.15, 0.2) is 0 Å². The van der Waals surface area contributed by atoms with Crippen LogP contribution in [0, 0.1) is 5.92 Å². The van der Waals surface area contributed by atoms with Gasteiger partial charge in [0.1, 0.15) is 6.04 Å². The van der Waals surface area contributed by atoms with Crippen LogP contribution in [-0.4, -0.2) is 45.5 Å². The predicted octanol–water partition coefficient (Wildman–Crippen LogP) is 0.809. The Morgan fingerprint density at radius 3 is 2.00 bits per heavy atom. The van der Waals surface area contributed by atoms with Crippen LogP contribution in [0.4, 0.5) is 0 Å². The maximum absolute atomic E-state index is 11.8. The van der Waals surface area contributed by atoms with Crippen molar-refractivity contribution in [2.45, 2.75) is 39.7 Å². The Labute approximate surface area is 100 Å². The van der Waals surface area contributed by atoms with Crippen molar-refractivity contribution in [3.8, 4) is 0 Å². The van der Waals surface area contributed by atoms with E-state index in [2.05, 4.69) is 0 Å². The van der Waals surface area contributed by atoms with Gasteiger partial charge in [0, 0.05) is 12.5 Å². The molecule has 0 saturated heterocycles. The van der Waals surface area contributed by atoms with E-state index in [1.807, 2.05) is 0 Å². The van der Waals surface area contributed by atoms with Crippen molar-refractivity contribution >= 4 is 17.8 Å². The SMILES string of the molecule is CCC(C(=O)O)N(CCC(=O)O)C(=O)C(C)C. The van der Waals surface area contributed by atoms with Crippen molar-refractivity contribution < 1.29 is 24.6 Å². The molecule has 98 valence electrons. The zero-order valence-electron chi connectivity index (χ0n) is 10.3. The lowest BCUT2D eigenvalue weighted by Crippen LogP contribution is -2.47. The summed E-state index contributed by atoms with van der Waals surface area (Å²) in [6.07, 6.45) is 0.00958. The Balaban J connectivity index is 4.87. The largest absolute Gasteiger partial charge is 0.481 e. The monoisotopic (exact) mass is 245 g/mol. The number of aliphatic carboxylic acids is 2. The number of rotatable bonds is 7. The molecule has 0 aliphatic carbocycles. The van der Waals surface area contributed by atoms with E-state index in [9.17, 15) is 14.4 Å². The second-order valence-electron chi connectivity index (χ2n) is 4.09. The molecule has 17 heavy (non-hydrogen) atoms. The number of nitrogens with zero attached hydrogens (tertiary/aromatic N) is 1. The maximum Gasteiger partial charge on any atom is 0.326 e. The quantitative estimate of drug-likeness (QED) is 0.692. The van der Waals surface area contributed by atoms with Gasteiger partial charge in [-0.25, -0.2) is 4.79 Å². The maximum atomic E-state index is 11.8. The van der Waals surface area contributed by atoms with Crippen LogP contribution < -0.4 is 0 Å². The van der Waals surface area contributed by atoms with Gasteiger partial charge in [-0.1, -0.05) is 20.8 Å². The molecule has 0 spiro atoms. The van der Waals surface area contributed by atoms with Crippen LogP contribution in [-0.2, 0) is 14.4 Å². The van der Waals surface area contributed by atoms with Gasteiger partial charge in [0.15, 0.2) is 0 Å². The van der Waals surface area contributed by atoms with Crippen molar-refractivity contribution in [3.05, 3.63) is 0 Å². The van der Waals surface area contributed by atoms with Gasteiger partial charge in [-0.05, 0) is 6.42 Å². The lowest BCUT2D eigenvalue weighted by molar-refractivity contribution is -0.153. The molecule has 6 heteroatoms. The number of carbonyl (C=O) groups is 3. The average molecular weight is 245 g/mol. The molecule has 6 nitrogen and oxygen atoms in total.